The van der Waals surface area contributed by atoms with Crippen LogP contribution in [-0.2, 0) is 18.4 Å². The van der Waals surface area contributed by atoms with E-state index < -0.39 is 14.7 Å². The van der Waals surface area contributed by atoms with E-state index in [0.29, 0.717) is 6.42 Å². The predicted octanol–water partition coefficient (Wildman–Crippen LogP) is 5.87. The quantitative estimate of drug-likeness (QED) is 0.214. The monoisotopic (exact) mass is 422 g/mol. The van der Waals surface area contributed by atoms with Crippen LogP contribution in [0.3, 0.4) is 0 Å². The van der Waals surface area contributed by atoms with E-state index in [9.17, 15) is 4.79 Å². The van der Waals surface area contributed by atoms with Crippen molar-refractivity contribution in [1.82, 2.24) is 0 Å². The van der Waals surface area contributed by atoms with Crippen LogP contribution in [0.4, 0.5) is 0 Å². The lowest BCUT2D eigenvalue weighted by molar-refractivity contribution is -0.150. The summed E-state index contributed by atoms with van der Waals surface area (Å²) in [5, 5.41) is 0.800. The van der Waals surface area contributed by atoms with Crippen LogP contribution in [0.1, 0.15) is 85.5 Å². The lowest BCUT2D eigenvalue weighted by Crippen LogP contribution is -2.62. The second kappa shape index (κ2) is 13.2. The topological polar surface area (TPSA) is 44.8 Å². The number of esters is 1. The van der Waals surface area contributed by atoms with Crippen molar-refractivity contribution in [3.8, 4) is 0 Å². The molecule has 29 heavy (non-hydrogen) atoms. The van der Waals surface area contributed by atoms with E-state index in [1.807, 2.05) is 30.3 Å². The third kappa shape index (κ3) is 7.87. The number of methoxy groups -OCH3 is 1. The number of hydrogen-bond acceptors (Lipinski definition) is 4. The maximum Gasteiger partial charge on any atom is 0.378 e. The number of hydrogen-bond donors (Lipinski definition) is 0. The van der Waals surface area contributed by atoms with Gasteiger partial charge in [-0.15, -0.1) is 0 Å². The first kappa shape index (κ1) is 25.9. The van der Waals surface area contributed by atoms with Crippen molar-refractivity contribution in [3.63, 3.8) is 0 Å². The zero-order valence-corrected chi connectivity index (χ0v) is 20.5. The molecule has 0 amide bonds. The molecule has 0 saturated heterocycles. The molecule has 0 aliphatic rings. The van der Waals surface area contributed by atoms with Crippen LogP contribution in [0.2, 0.25) is 5.04 Å². The maximum absolute atomic E-state index is 12.5. The molecule has 0 aromatic heterocycles. The first-order chi connectivity index (χ1) is 13.8. The zero-order valence-electron chi connectivity index (χ0n) is 19.5. The Labute approximate surface area is 179 Å². The maximum atomic E-state index is 12.5. The number of carbonyl (C=O) groups is 1. The van der Waals surface area contributed by atoms with Crippen molar-refractivity contribution in [1.29, 1.82) is 0 Å². The summed E-state index contributed by atoms with van der Waals surface area (Å²) >= 11 is 0. The molecule has 5 heteroatoms. The molecule has 0 saturated carbocycles. The van der Waals surface area contributed by atoms with Crippen LogP contribution >= 0.6 is 0 Å². The number of carbonyl (C=O) groups excluding carboxylic acids is 1. The highest BCUT2D eigenvalue weighted by atomic mass is 28.4. The summed E-state index contributed by atoms with van der Waals surface area (Å²) < 4.78 is 17.8. The average Bonchev–Trinajstić information content (AvgIpc) is 2.71. The van der Waals surface area contributed by atoms with Crippen LogP contribution in [0.5, 0.6) is 0 Å². The van der Waals surface area contributed by atoms with Crippen LogP contribution < -0.4 is 5.19 Å². The lowest BCUT2D eigenvalue weighted by atomic mass is 10.1. The van der Waals surface area contributed by atoms with E-state index >= 15 is 0 Å². The minimum atomic E-state index is -2.88. The van der Waals surface area contributed by atoms with E-state index in [1.165, 1.54) is 45.6 Å². The van der Waals surface area contributed by atoms with Crippen molar-refractivity contribution in [2.45, 2.75) is 96.6 Å². The Hall–Kier alpha value is -1.17. The highest BCUT2D eigenvalue weighted by Gasteiger charge is 2.53. The molecule has 0 radical (unpaired) electrons. The Balaban J connectivity index is 2.81. The Kier molecular flexibility index (Phi) is 11.8. The Morgan fingerprint density at radius 2 is 1.48 bits per heavy atom. The van der Waals surface area contributed by atoms with E-state index in [-0.39, 0.29) is 11.0 Å². The van der Waals surface area contributed by atoms with Gasteiger partial charge in [0.2, 0.25) is 0 Å². The Morgan fingerprint density at radius 3 is 1.97 bits per heavy atom. The van der Waals surface area contributed by atoms with Crippen LogP contribution in [0.25, 0.3) is 0 Å². The largest absolute Gasteiger partial charge is 0.467 e. The van der Waals surface area contributed by atoms with Crippen molar-refractivity contribution in [2.24, 2.45) is 0 Å². The fraction of sp³-hybridized carbons (Fsp3) is 0.708. The predicted molar refractivity (Wildman–Crippen MR) is 123 cm³/mol. The van der Waals surface area contributed by atoms with E-state index in [0.717, 1.165) is 18.0 Å². The number of rotatable bonds is 14. The minimum absolute atomic E-state index is 0.241. The molecule has 166 valence electrons. The average molecular weight is 423 g/mol. The normalized spacial score (nSPS) is 15.0. The molecule has 0 spiro atoms. The molecule has 0 fully saturated rings. The standard InChI is InChI=1S/C24H42O4Si/c1-7-8-9-10-11-12-13-17-20-22(23(25)26-5)28-29(27-6,24(2,3)4)21-18-15-14-16-19-21/h14-16,18-19,22H,7-13,17,20H2,1-6H3/t22-,29?/m1/s1. The van der Waals surface area contributed by atoms with Gasteiger partial charge >= 0.3 is 14.5 Å². The molecule has 0 aliphatic carbocycles. The second-order valence-corrected chi connectivity index (χ2v) is 12.8. The third-order valence-electron chi connectivity index (χ3n) is 5.52. The number of ether oxygens (including phenoxy) is 1. The highest BCUT2D eigenvalue weighted by molar-refractivity contribution is 6.83. The molecule has 1 aromatic carbocycles. The summed E-state index contributed by atoms with van der Waals surface area (Å²) in [6.07, 6.45) is 9.87. The van der Waals surface area contributed by atoms with Crippen molar-refractivity contribution in [2.75, 3.05) is 14.2 Å². The molecule has 0 N–H and O–H groups in total. The van der Waals surface area contributed by atoms with Crippen molar-refractivity contribution < 1.29 is 18.4 Å². The van der Waals surface area contributed by atoms with Gasteiger partial charge in [0.15, 0.2) is 0 Å². The molecule has 2 atom stereocenters. The molecule has 0 bridgehead atoms. The highest BCUT2D eigenvalue weighted by Crippen LogP contribution is 2.38. The Bertz CT molecular complexity index is 570. The van der Waals surface area contributed by atoms with Crippen LogP contribution in [0.15, 0.2) is 30.3 Å². The van der Waals surface area contributed by atoms with Gasteiger partial charge in [-0.25, -0.2) is 4.79 Å². The summed E-state index contributed by atoms with van der Waals surface area (Å²) in [4.78, 5) is 12.5. The minimum Gasteiger partial charge on any atom is -0.467 e. The van der Waals surface area contributed by atoms with Gasteiger partial charge < -0.3 is 13.6 Å². The smallest absolute Gasteiger partial charge is 0.378 e. The molecular formula is C24H42O4Si. The Morgan fingerprint density at radius 1 is 0.931 bits per heavy atom. The molecule has 1 unspecified atom stereocenters. The van der Waals surface area contributed by atoms with Crippen LogP contribution in [0, 0.1) is 0 Å². The van der Waals surface area contributed by atoms with Gasteiger partial charge in [-0.2, -0.15) is 0 Å². The molecule has 1 aromatic rings. The summed E-state index contributed by atoms with van der Waals surface area (Å²) in [6, 6.07) is 10.1. The van der Waals surface area contributed by atoms with Gasteiger partial charge in [-0.05, 0) is 11.6 Å². The van der Waals surface area contributed by atoms with Gasteiger partial charge in [0.1, 0.15) is 6.10 Å². The third-order valence-corrected chi connectivity index (χ3v) is 9.78. The summed E-state index contributed by atoms with van der Waals surface area (Å²) in [6.45, 7) is 8.62. The number of benzene rings is 1. The lowest BCUT2D eigenvalue weighted by Gasteiger charge is -2.41. The zero-order chi connectivity index (χ0) is 21.8. The van der Waals surface area contributed by atoms with E-state index in [4.69, 9.17) is 13.6 Å². The molecule has 0 aliphatic heterocycles. The molecule has 4 nitrogen and oxygen atoms in total. The summed E-state index contributed by atoms with van der Waals surface area (Å²) in [7, 11) is 0.256. The molecule has 0 heterocycles. The first-order valence-corrected chi connectivity index (χ1v) is 13.0. The second-order valence-electron chi connectivity index (χ2n) is 8.83. The van der Waals surface area contributed by atoms with Crippen LogP contribution in [-0.4, -0.2) is 34.9 Å². The fourth-order valence-corrected chi connectivity index (χ4v) is 7.37. The SMILES string of the molecule is CCCCCCCCCC[C@@H](O[Si](OC)(c1ccccc1)C(C)(C)C)C(=O)OC. The summed E-state index contributed by atoms with van der Waals surface area (Å²) in [5.41, 5.74) is 0. The molecule has 1 rings (SSSR count). The molecular weight excluding hydrogens is 380 g/mol. The van der Waals surface area contributed by atoms with Gasteiger partial charge in [-0.1, -0.05) is 109 Å². The van der Waals surface area contributed by atoms with Crippen molar-refractivity contribution >= 4 is 19.7 Å². The van der Waals surface area contributed by atoms with Gasteiger partial charge in [-0.3, -0.25) is 0 Å². The first-order valence-electron chi connectivity index (χ1n) is 11.2. The van der Waals surface area contributed by atoms with Gasteiger partial charge in [0.05, 0.1) is 7.11 Å². The van der Waals surface area contributed by atoms with Crippen molar-refractivity contribution in [3.05, 3.63) is 30.3 Å². The van der Waals surface area contributed by atoms with Gasteiger partial charge in [0.25, 0.3) is 0 Å². The van der Waals surface area contributed by atoms with Gasteiger partial charge in [0, 0.05) is 12.1 Å². The summed E-state index contributed by atoms with van der Waals surface area (Å²) in [5.74, 6) is -0.304. The van der Waals surface area contributed by atoms with E-state index in [2.05, 4.69) is 27.7 Å². The van der Waals surface area contributed by atoms with E-state index in [1.54, 1.807) is 7.11 Å². The number of unbranched alkanes of at least 4 members (excludes halogenated alkanes) is 7. The fourth-order valence-electron chi connectivity index (χ4n) is 3.83.